The van der Waals surface area contributed by atoms with Crippen LogP contribution in [0.2, 0.25) is 0 Å². The molecule has 0 aliphatic rings. The van der Waals surface area contributed by atoms with Crippen LogP contribution in [0.1, 0.15) is 348 Å². The predicted octanol–water partition coefficient (Wildman–Crippen LogP) is 22.2. The largest absolute Gasteiger partial charge is 0.462 e. The molecule has 0 bridgehead atoms. The second-order valence-electron chi connectivity index (χ2n) is 22.0. The first-order valence-corrected chi connectivity index (χ1v) is 32.6. The van der Waals surface area contributed by atoms with Crippen LogP contribution in [-0.4, -0.2) is 37.2 Å². The van der Waals surface area contributed by atoms with Crippen molar-refractivity contribution in [2.75, 3.05) is 13.2 Å². The number of hydrogen-bond donors (Lipinski definition) is 0. The summed E-state index contributed by atoms with van der Waals surface area (Å²) in [6.45, 7) is 6.64. The van der Waals surface area contributed by atoms with E-state index in [0.717, 1.165) is 77.0 Å². The molecule has 432 valence electrons. The van der Waals surface area contributed by atoms with Gasteiger partial charge >= 0.3 is 17.9 Å². The SMILES string of the molecule is CCCCCC/C=C\C/C=C\CCCCCCCCCC(=O)OC(COC(=O)CCCCCCC/C=C\CCCCCC)COC(=O)CCCCCCCCCCCCCCC/C=C\CCCCCCCCCC. The number of ether oxygens (including phenoxy) is 3. The fourth-order valence-corrected chi connectivity index (χ4v) is 9.58. The van der Waals surface area contributed by atoms with Gasteiger partial charge < -0.3 is 14.2 Å². The van der Waals surface area contributed by atoms with Crippen molar-refractivity contribution in [3.05, 3.63) is 48.6 Å². The van der Waals surface area contributed by atoms with Crippen molar-refractivity contribution in [2.24, 2.45) is 0 Å². The van der Waals surface area contributed by atoms with E-state index < -0.39 is 6.10 Å². The lowest BCUT2D eigenvalue weighted by Crippen LogP contribution is -2.30. The van der Waals surface area contributed by atoms with Crippen molar-refractivity contribution in [3.8, 4) is 0 Å². The lowest BCUT2D eigenvalue weighted by atomic mass is 10.0. The smallest absolute Gasteiger partial charge is 0.306 e. The molecule has 0 aliphatic carbocycles. The average Bonchev–Trinajstić information content (AvgIpc) is 3.40. The van der Waals surface area contributed by atoms with Crippen molar-refractivity contribution in [1.82, 2.24) is 0 Å². The lowest BCUT2D eigenvalue weighted by Gasteiger charge is -2.18. The first-order chi connectivity index (χ1) is 36.5. The van der Waals surface area contributed by atoms with E-state index in [0.29, 0.717) is 19.3 Å². The van der Waals surface area contributed by atoms with Gasteiger partial charge in [-0.15, -0.1) is 0 Å². The van der Waals surface area contributed by atoms with Gasteiger partial charge in [-0.3, -0.25) is 14.4 Å². The number of hydrogen-bond acceptors (Lipinski definition) is 6. The molecule has 0 heterocycles. The Kier molecular flexibility index (Phi) is 60.7. The Morgan fingerprint density at radius 3 is 0.770 bits per heavy atom. The number of carbonyl (C=O) groups is 3. The topological polar surface area (TPSA) is 78.9 Å². The third-order valence-electron chi connectivity index (χ3n) is 14.5. The van der Waals surface area contributed by atoms with E-state index in [2.05, 4.69) is 69.4 Å². The van der Waals surface area contributed by atoms with Gasteiger partial charge in [-0.05, 0) is 103 Å². The highest BCUT2D eigenvalue weighted by Crippen LogP contribution is 2.17. The number of rotatable bonds is 60. The van der Waals surface area contributed by atoms with Gasteiger partial charge in [0, 0.05) is 19.3 Å². The summed E-state index contributed by atoms with van der Waals surface area (Å²) in [6, 6.07) is 0. The molecular formula is C68H124O6. The number of unbranched alkanes of at least 4 members (excludes halogenated alkanes) is 41. The Bertz CT molecular complexity index is 1280. The molecule has 0 amide bonds. The maximum Gasteiger partial charge on any atom is 0.306 e. The van der Waals surface area contributed by atoms with E-state index in [4.69, 9.17) is 14.2 Å². The molecule has 0 aromatic heterocycles. The molecule has 6 nitrogen and oxygen atoms in total. The molecule has 74 heavy (non-hydrogen) atoms. The molecule has 0 aromatic rings. The summed E-state index contributed by atoms with van der Waals surface area (Å²) < 4.78 is 16.9. The Morgan fingerprint density at radius 2 is 0.486 bits per heavy atom. The molecule has 6 heteroatoms. The molecule has 0 fully saturated rings. The monoisotopic (exact) mass is 1040 g/mol. The van der Waals surface area contributed by atoms with Crippen LogP contribution in [0.5, 0.6) is 0 Å². The summed E-state index contributed by atoms with van der Waals surface area (Å²) >= 11 is 0. The van der Waals surface area contributed by atoms with Gasteiger partial charge in [-0.2, -0.15) is 0 Å². The molecular weight excluding hydrogens is 913 g/mol. The quantitative estimate of drug-likeness (QED) is 0.0261. The highest BCUT2D eigenvalue weighted by molar-refractivity contribution is 5.71. The second-order valence-corrected chi connectivity index (χ2v) is 22.0. The van der Waals surface area contributed by atoms with Crippen molar-refractivity contribution in [3.63, 3.8) is 0 Å². The number of allylic oxidation sites excluding steroid dienone is 8. The van der Waals surface area contributed by atoms with E-state index in [9.17, 15) is 14.4 Å². The van der Waals surface area contributed by atoms with Gasteiger partial charge in [0.1, 0.15) is 13.2 Å². The van der Waals surface area contributed by atoms with Crippen molar-refractivity contribution in [1.29, 1.82) is 0 Å². The predicted molar refractivity (Wildman–Crippen MR) is 321 cm³/mol. The van der Waals surface area contributed by atoms with Crippen LogP contribution in [-0.2, 0) is 28.6 Å². The van der Waals surface area contributed by atoms with E-state index in [1.165, 1.54) is 231 Å². The van der Waals surface area contributed by atoms with Crippen LogP contribution < -0.4 is 0 Å². The van der Waals surface area contributed by atoms with Gasteiger partial charge in [-0.1, -0.05) is 275 Å². The fraction of sp³-hybridized carbons (Fsp3) is 0.838. The van der Waals surface area contributed by atoms with Crippen molar-refractivity contribution in [2.45, 2.75) is 354 Å². The first kappa shape index (κ1) is 71.4. The molecule has 0 rings (SSSR count). The van der Waals surface area contributed by atoms with Crippen molar-refractivity contribution >= 4 is 17.9 Å². The van der Waals surface area contributed by atoms with Crippen LogP contribution in [0, 0.1) is 0 Å². The van der Waals surface area contributed by atoms with Gasteiger partial charge in [0.05, 0.1) is 0 Å². The number of esters is 3. The summed E-state index contributed by atoms with van der Waals surface area (Å²) in [6.07, 6.45) is 78.4. The van der Waals surface area contributed by atoms with Crippen LogP contribution in [0.3, 0.4) is 0 Å². The zero-order chi connectivity index (χ0) is 53.6. The fourth-order valence-electron chi connectivity index (χ4n) is 9.58. The molecule has 0 N–H and O–H groups in total. The van der Waals surface area contributed by atoms with Gasteiger partial charge in [0.25, 0.3) is 0 Å². The maximum absolute atomic E-state index is 12.9. The molecule has 1 unspecified atom stereocenters. The molecule has 0 spiro atoms. The molecule has 1 atom stereocenters. The summed E-state index contributed by atoms with van der Waals surface area (Å²) in [5, 5.41) is 0. The van der Waals surface area contributed by atoms with Gasteiger partial charge in [0.2, 0.25) is 0 Å². The minimum absolute atomic E-state index is 0.0765. The summed E-state index contributed by atoms with van der Waals surface area (Å²) in [5.41, 5.74) is 0. The number of carbonyl (C=O) groups excluding carboxylic acids is 3. The Labute approximate surface area is 460 Å². The van der Waals surface area contributed by atoms with E-state index in [1.54, 1.807) is 0 Å². The zero-order valence-electron chi connectivity index (χ0n) is 49.6. The minimum atomic E-state index is -0.780. The standard InChI is InChI=1S/C68H124O6/c1-4-7-10-13-16-19-22-25-27-29-31-32-33-34-35-36-37-39-40-43-46-49-52-55-58-61-67(70)73-64-65(63-72-66(69)60-57-54-51-48-45-42-24-21-18-15-12-9-6-3)74-68(71)62-59-56-53-50-47-44-41-38-30-28-26-23-20-17-14-11-8-5-2/h20-21,23-24,28-31,65H,4-19,22,25-27,32-64H2,1-3H3/b23-20-,24-21-,30-28-,31-29-. The van der Waals surface area contributed by atoms with Gasteiger partial charge in [0.15, 0.2) is 6.10 Å². The van der Waals surface area contributed by atoms with Crippen LogP contribution in [0.25, 0.3) is 0 Å². The third kappa shape index (κ3) is 60.2. The highest BCUT2D eigenvalue weighted by atomic mass is 16.6. The average molecular weight is 1040 g/mol. The minimum Gasteiger partial charge on any atom is -0.462 e. The molecule has 0 saturated carbocycles. The van der Waals surface area contributed by atoms with Crippen LogP contribution in [0.4, 0.5) is 0 Å². The van der Waals surface area contributed by atoms with Crippen LogP contribution in [0.15, 0.2) is 48.6 Å². The zero-order valence-corrected chi connectivity index (χ0v) is 49.6. The summed E-state index contributed by atoms with van der Waals surface area (Å²) in [5.74, 6) is -0.875. The third-order valence-corrected chi connectivity index (χ3v) is 14.5. The molecule has 0 saturated heterocycles. The second kappa shape index (κ2) is 62.9. The Morgan fingerprint density at radius 1 is 0.270 bits per heavy atom. The highest BCUT2D eigenvalue weighted by Gasteiger charge is 2.19. The Hall–Kier alpha value is -2.63. The van der Waals surface area contributed by atoms with E-state index in [-0.39, 0.29) is 31.1 Å². The van der Waals surface area contributed by atoms with Crippen LogP contribution >= 0.6 is 0 Å². The first-order valence-electron chi connectivity index (χ1n) is 32.6. The molecule has 0 aromatic carbocycles. The Balaban J connectivity index is 4.27. The van der Waals surface area contributed by atoms with E-state index in [1.807, 2.05) is 0 Å². The maximum atomic E-state index is 12.9. The normalized spacial score (nSPS) is 12.3. The molecule has 0 aliphatic heterocycles. The summed E-state index contributed by atoms with van der Waals surface area (Å²) in [4.78, 5) is 38.3. The van der Waals surface area contributed by atoms with Gasteiger partial charge in [-0.25, -0.2) is 0 Å². The lowest BCUT2D eigenvalue weighted by molar-refractivity contribution is -0.167. The van der Waals surface area contributed by atoms with Crippen molar-refractivity contribution < 1.29 is 28.6 Å². The molecule has 0 radical (unpaired) electrons. The summed E-state index contributed by atoms with van der Waals surface area (Å²) in [7, 11) is 0. The van der Waals surface area contributed by atoms with E-state index >= 15 is 0 Å².